The van der Waals surface area contributed by atoms with Crippen LogP contribution in [0.5, 0.6) is 0 Å². The third-order valence-electron chi connectivity index (χ3n) is 7.88. The second-order valence-corrected chi connectivity index (χ2v) is 10.3. The van der Waals surface area contributed by atoms with Gasteiger partial charge in [0.15, 0.2) is 0 Å². The smallest absolute Gasteiger partial charge is 0.256 e. The molecule has 1 atom stereocenters. The summed E-state index contributed by atoms with van der Waals surface area (Å²) in [5, 5.41) is 5.85. The molecule has 1 aromatic heterocycles. The van der Waals surface area contributed by atoms with Crippen LogP contribution in [0, 0.1) is 18.6 Å². The van der Waals surface area contributed by atoms with Crippen LogP contribution >= 0.6 is 9.24 Å². The fourth-order valence-corrected chi connectivity index (χ4v) is 5.46. The standard InChI is InChI=1S/C31H35F2N5O2.C2H6.CH5P/c1-4-37(5-2)13-14-38-12-6-7-25-29(31(38)40)19(3)26(35-25)16-23-22-15-24(33)28(17-27(22)36-30(23)39)34-18-20-8-10-21(32)11-9-20;2*1-2/h8-11,15-17,34-35H,4-7,12-14,18H2,1-3H3,(H,36,39);1-2H3;2H2,1H3/b23-16-;;. The Labute approximate surface area is 262 Å². The lowest BCUT2D eigenvalue weighted by Gasteiger charge is -2.25. The Bertz CT molecular complexity index is 1470. The van der Waals surface area contributed by atoms with Crippen molar-refractivity contribution >= 4 is 44.1 Å². The highest BCUT2D eigenvalue weighted by Gasteiger charge is 2.30. The van der Waals surface area contributed by atoms with Crippen molar-refractivity contribution in [2.75, 3.05) is 50.0 Å². The second kappa shape index (κ2) is 16.5. The van der Waals surface area contributed by atoms with Crippen molar-refractivity contribution in [3.63, 3.8) is 0 Å². The molecule has 10 heteroatoms. The lowest BCUT2D eigenvalue weighted by Crippen LogP contribution is -2.38. The van der Waals surface area contributed by atoms with Gasteiger partial charge in [-0.25, -0.2) is 8.78 Å². The Morgan fingerprint density at radius 2 is 1.75 bits per heavy atom. The zero-order chi connectivity index (χ0) is 32.4. The number of carbonyl (C=O) groups is 2. The molecule has 0 spiro atoms. The van der Waals surface area contributed by atoms with Crippen LogP contribution in [0.3, 0.4) is 0 Å². The van der Waals surface area contributed by atoms with E-state index in [4.69, 9.17) is 0 Å². The molecule has 7 nitrogen and oxygen atoms in total. The molecule has 2 amide bonds. The summed E-state index contributed by atoms with van der Waals surface area (Å²) in [5.41, 5.74) is 5.37. The molecular weight excluding hydrogens is 579 g/mol. The maximum Gasteiger partial charge on any atom is 0.256 e. The molecule has 2 aliphatic rings. The van der Waals surface area contributed by atoms with Crippen LogP contribution in [-0.4, -0.2) is 66.0 Å². The number of hydrogen-bond donors (Lipinski definition) is 3. The Morgan fingerprint density at radius 1 is 1.07 bits per heavy atom. The maximum absolute atomic E-state index is 15.1. The molecule has 0 radical (unpaired) electrons. The number of nitrogens with one attached hydrogen (secondary N) is 3. The Morgan fingerprint density at radius 3 is 2.41 bits per heavy atom. The average Bonchev–Trinajstić information content (AvgIpc) is 3.45. The highest BCUT2D eigenvalue weighted by Crippen LogP contribution is 2.37. The van der Waals surface area contributed by atoms with Crippen LogP contribution in [0.1, 0.15) is 72.6 Å². The van der Waals surface area contributed by atoms with Gasteiger partial charge in [-0.15, -0.1) is 9.24 Å². The third-order valence-corrected chi connectivity index (χ3v) is 7.88. The number of H-pyrrole nitrogens is 1. The number of likely N-dealkylation sites (N-methyl/N-ethyl adjacent to an activating group) is 1. The molecule has 0 saturated carbocycles. The molecule has 1 unspecified atom stereocenters. The van der Waals surface area contributed by atoms with Crippen LogP contribution in [0.25, 0.3) is 11.6 Å². The highest BCUT2D eigenvalue weighted by atomic mass is 31.0. The number of anilines is 2. The van der Waals surface area contributed by atoms with Crippen molar-refractivity contribution in [1.82, 2.24) is 14.8 Å². The van der Waals surface area contributed by atoms with Crippen molar-refractivity contribution < 1.29 is 18.4 Å². The van der Waals surface area contributed by atoms with E-state index in [1.807, 2.05) is 32.3 Å². The number of carbonyl (C=O) groups excluding carboxylic acids is 2. The van der Waals surface area contributed by atoms with E-state index >= 15 is 4.39 Å². The lowest BCUT2D eigenvalue weighted by molar-refractivity contribution is -0.110. The number of aryl methyl sites for hydroxylation is 1. The molecule has 0 fully saturated rings. The van der Waals surface area contributed by atoms with Crippen LogP contribution in [0.2, 0.25) is 0 Å². The van der Waals surface area contributed by atoms with Gasteiger partial charge < -0.3 is 25.4 Å². The number of amides is 2. The number of aromatic amines is 1. The highest BCUT2D eigenvalue weighted by molar-refractivity contribution is 7.15. The van der Waals surface area contributed by atoms with E-state index in [1.165, 1.54) is 18.2 Å². The van der Waals surface area contributed by atoms with E-state index in [0.717, 1.165) is 49.3 Å². The predicted molar refractivity (Wildman–Crippen MR) is 181 cm³/mol. The van der Waals surface area contributed by atoms with Crippen LogP contribution < -0.4 is 10.6 Å². The van der Waals surface area contributed by atoms with Gasteiger partial charge >= 0.3 is 0 Å². The second-order valence-electron chi connectivity index (χ2n) is 10.3. The van der Waals surface area contributed by atoms with Crippen molar-refractivity contribution in [1.29, 1.82) is 0 Å². The molecule has 0 bridgehead atoms. The summed E-state index contributed by atoms with van der Waals surface area (Å²) in [6, 6.07) is 8.88. The van der Waals surface area contributed by atoms with E-state index in [-0.39, 0.29) is 23.3 Å². The minimum Gasteiger partial charge on any atom is -0.379 e. The quantitative estimate of drug-likeness (QED) is 0.178. The maximum atomic E-state index is 15.1. The van der Waals surface area contributed by atoms with E-state index in [9.17, 15) is 14.0 Å². The number of halogens is 2. The summed E-state index contributed by atoms with van der Waals surface area (Å²) in [4.78, 5) is 34.1. The SMILES string of the molecule is CC.CCN(CC)CCN1CCCc2[nH]c(/C=C3\C(=O)Nc4cc(NCc5ccc(F)cc5)c(F)cc43)c(C)c2C1=O.CP. The molecule has 3 aromatic rings. The van der Waals surface area contributed by atoms with Gasteiger partial charge in [0.2, 0.25) is 0 Å². The first-order chi connectivity index (χ1) is 21.3. The minimum absolute atomic E-state index is 0.0113. The third kappa shape index (κ3) is 7.93. The number of nitrogens with zero attached hydrogens (tertiary/aromatic N) is 2. The first-order valence-electron chi connectivity index (χ1n) is 15.4. The predicted octanol–water partition coefficient (Wildman–Crippen LogP) is 6.95. The van der Waals surface area contributed by atoms with Gasteiger partial charge in [0.05, 0.1) is 22.5 Å². The van der Waals surface area contributed by atoms with Gasteiger partial charge in [-0.2, -0.15) is 0 Å². The molecule has 5 rings (SSSR count). The normalized spacial score (nSPS) is 14.7. The number of aromatic nitrogens is 1. The molecular formula is C34H46F2N5O2P. The molecule has 0 aliphatic carbocycles. The van der Waals surface area contributed by atoms with Crippen molar-refractivity contribution in [3.05, 3.63) is 81.7 Å². The lowest BCUT2D eigenvalue weighted by atomic mass is 10.0. The zero-order valence-corrected chi connectivity index (χ0v) is 27.9. The summed E-state index contributed by atoms with van der Waals surface area (Å²) in [7, 11) is 2.42. The van der Waals surface area contributed by atoms with Gasteiger partial charge in [0.1, 0.15) is 11.6 Å². The van der Waals surface area contributed by atoms with Crippen LogP contribution in [-0.2, 0) is 17.8 Å². The molecule has 44 heavy (non-hydrogen) atoms. The molecule has 238 valence electrons. The summed E-state index contributed by atoms with van der Waals surface area (Å²) in [5.74, 6) is -1.15. The van der Waals surface area contributed by atoms with E-state index in [2.05, 4.69) is 43.6 Å². The molecule has 3 heterocycles. The monoisotopic (exact) mass is 625 g/mol. The van der Waals surface area contributed by atoms with Gasteiger partial charge in [0, 0.05) is 43.1 Å². The Kier molecular flexibility index (Phi) is 13.1. The van der Waals surface area contributed by atoms with Crippen molar-refractivity contribution in [2.45, 2.75) is 54.0 Å². The Hall–Kier alpha value is -3.55. The zero-order valence-electron chi connectivity index (χ0n) is 26.7. The number of fused-ring (bicyclic) bond motifs is 2. The van der Waals surface area contributed by atoms with Gasteiger partial charge in [-0.3, -0.25) is 9.59 Å². The average molecular weight is 626 g/mol. The number of rotatable bonds is 9. The number of benzene rings is 2. The van der Waals surface area contributed by atoms with E-state index < -0.39 is 5.82 Å². The topological polar surface area (TPSA) is 80.5 Å². The first-order valence-corrected chi connectivity index (χ1v) is 16.6. The van der Waals surface area contributed by atoms with Crippen molar-refractivity contribution in [2.24, 2.45) is 0 Å². The molecule has 3 N–H and O–H groups in total. The molecule has 2 aliphatic heterocycles. The summed E-state index contributed by atoms with van der Waals surface area (Å²) >= 11 is 0. The minimum atomic E-state index is -0.499. The van der Waals surface area contributed by atoms with Gasteiger partial charge in [0.25, 0.3) is 11.8 Å². The molecule has 0 saturated heterocycles. The van der Waals surface area contributed by atoms with E-state index in [1.54, 1.807) is 24.3 Å². The van der Waals surface area contributed by atoms with Crippen LogP contribution in [0.4, 0.5) is 20.2 Å². The van der Waals surface area contributed by atoms with Gasteiger partial charge in [-0.1, -0.05) is 46.5 Å². The van der Waals surface area contributed by atoms with Crippen molar-refractivity contribution in [3.8, 4) is 0 Å². The van der Waals surface area contributed by atoms with E-state index in [0.29, 0.717) is 47.7 Å². The summed E-state index contributed by atoms with van der Waals surface area (Å²) < 4.78 is 28.3. The number of hydrogen-bond acceptors (Lipinski definition) is 4. The summed E-state index contributed by atoms with van der Waals surface area (Å²) in [6.45, 7) is 16.5. The largest absolute Gasteiger partial charge is 0.379 e. The first kappa shape index (κ1) is 34.9. The van der Waals surface area contributed by atoms with Gasteiger partial charge in [-0.05, 0) is 74.3 Å². The fraction of sp³-hybridized carbons (Fsp3) is 0.412. The van der Waals surface area contributed by atoms with Crippen LogP contribution in [0.15, 0.2) is 36.4 Å². The summed E-state index contributed by atoms with van der Waals surface area (Å²) in [6.07, 6.45) is 3.31. The Balaban J connectivity index is 0.00000127. The fourth-order valence-electron chi connectivity index (χ4n) is 5.46. The molecule has 2 aromatic carbocycles.